The average Bonchev–Trinajstić information content (AvgIpc) is 2.71. The molecule has 1 N–H and O–H groups in total. The maximum Gasteiger partial charge on any atom is 0.339 e. The molecule has 5 nitrogen and oxygen atoms in total. The largest absolute Gasteiger partial charge is 0.478 e. The molecular weight excluding hydrogens is 242 g/mol. The minimum atomic E-state index is -0.944. The molecule has 0 saturated carbocycles. The number of hydrogen-bond acceptors (Lipinski definition) is 3. The van der Waals surface area contributed by atoms with Crippen molar-refractivity contribution in [3.05, 3.63) is 47.3 Å². The van der Waals surface area contributed by atoms with Gasteiger partial charge >= 0.3 is 5.97 Å². The molecule has 0 aliphatic carbocycles. The lowest BCUT2D eigenvalue weighted by atomic mass is 10.2. The monoisotopic (exact) mass is 259 g/mol. The number of aryl methyl sites for hydroxylation is 2. The molecule has 1 heterocycles. The molecule has 0 aliphatic heterocycles. The van der Waals surface area contributed by atoms with E-state index in [-0.39, 0.29) is 5.56 Å². The molecule has 0 atom stereocenters. The minimum absolute atomic E-state index is 0.252. The number of aromatic carboxylic acids is 1. The second-order valence-corrected chi connectivity index (χ2v) is 4.63. The van der Waals surface area contributed by atoms with Crippen molar-refractivity contribution in [2.45, 2.75) is 13.5 Å². The zero-order valence-corrected chi connectivity index (χ0v) is 11.3. The molecule has 0 unspecified atom stereocenters. The summed E-state index contributed by atoms with van der Waals surface area (Å²) >= 11 is 0. The van der Waals surface area contributed by atoms with Crippen LogP contribution in [0.25, 0.3) is 0 Å². The van der Waals surface area contributed by atoms with Gasteiger partial charge in [0.1, 0.15) is 5.56 Å². The molecule has 0 aliphatic rings. The number of nitrogens with zero attached hydrogens (tertiary/aromatic N) is 3. The first-order valence-corrected chi connectivity index (χ1v) is 6.01. The maximum absolute atomic E-state index is 11.1. The molecular formula is C14H17N3O2. The highest BCUT2D eigenvalue weighted by Gasteiger charge is 2.16. The molecule has 0 fully saturated rings. The third kappa shape index (κ3) is 2.76. The summed E-state index contributed by atoms with van der Waals surface area (Å²) in [6, 6.07) is 8.09. The summed E-state index contributed by atoms with van der Waals surface area (Å²) in [4.78, 5) is 13.1. The average molecular weight is 259 g/mol. The maximum atomic E-state index is 11.1. The van der Waals surface area contributed by atoms with Crippen molar-refractivity contribution in [2.75, 3.05) is 11.9 Å². The van der Waals surface area contributed by atoms with Gasteiger partial charge in [-0.25, -0.2) is 4.79 Å². The lowest BCUT2D eigenvalue weighted by molar-refractivity contribution is 0.0695. The number of carboxylic acid groups (broad SMARTS) is 1. The second kappa shape index (κ2) is 5.14. The van der Waals surface area contributed by atoms with E-state index in [9.17, 15) is 4.79 Å². The van der Waals surface area contributed by atoms with Crippen molar-refractivity contribution in [3.63, 3.8) is 0 Å². The van der Waals surface area contributed by atoms with Gasteiger partial charge < -0.3 is 10.0 Å². The van der Waals surface area contributed by atoms with Gasteiger partial charge in [-0.2, -0.15) is 5.10 Å². The van der Waals surface area contributed by atoms with Crippen molar-refractivity contribution >= 4 is 11.7 Å². The van der Waals surface area contributed by atoms with Crippen LogP contribution in [0.4, 0.5) is 5.69 Å². The molecule has 2 rings (SSSR count). The van der Waals surface area contributed by atoms with Gasteiger partial charge in [0.15, 0.2) is 0 Å². The minimum Gasteiger partial charge on any atom is -0.478 e. The van der Waals surface area contributed by atoms with E-state index in [1.54, 1.807) is 11.7 Å². The van der Waals surface area contributed by atoms with Crippen molar-refractivity contribution in [2.24, 2.45) is 7.05 Å². The van der Waals surface area contributed by atoms with E-state index in [4.69, 9.17) is 5.11 Å². The van der Waals surface area contributed by atoms with Gasteiger partial charge in [-0.1, -0.05) is 12.1 Å². The van der Waals surface area contributed by atoms with Crippen molar-refractivity contribution in [3.8, 4) is 0 Å². The van der Waals surface area contributed by atoms with E-state index in [0.29, 0.717) is 12.2 Å². The Kier molecular flexibility index (Phi) is 3.55. The molecule has 0 amide bonds. The van der Waals surface area contributed by atoms with Crippen LogP contribution >= 0.6 is 0 Å². The third-order valence-electron chi connectivity index (χ3n) is 3.12. The summed E-state index contributed by atoms with van der Waals surface area (Å²) < 4.78 is 1.61. The van der Waals surface area contributed by atoms with Gasteiger partial charge in [-0.15, -0.1) is 0 Å². The Bertz CT molecular complexity index is 604. The Labute approximate surface area is 112 Å². The Balaban J connectivity index is 2.26. The van der Waals surface area contributed by atoms with Crippen molar-refractivity contribution in [1.29, 1.82) is 0 Å². The molecule has 2 aromatic rings. The first-order valence-electron chi connectivity index (χ1n) is 6.01. The highest BCUT2D eigenvalue weighted by Crippen LogP contribution is 2.18. The second-order valence-electron chi connectivity index (χ2n) is 4.63. The summed E-state index contributed by atoms with van der Waals surface area (Å²) in [7, 11) is 3.69. The smallest absolute Gasteiger partial charge is 0.339 e. The SMILES string of the molecule is Cc1cccc(N(C)Cc2c(C(=O)O)cnn2C)c1. The molecule has 100 valence electrons. The number of carboxylic acids is 1. The van der Waals surface area contributed by atoms with Crippen LogP contribution in [0.1, 0.15) is 21.6 Å². The fraction of sp³-hybridized carbons (Fsp3) is 0.286. The lowest BCUT2D eigenvalue weighted by Crippen LogP contribution is -2.20. The number of benzene rings is 1. The van der Waals surface area contributed by atoms with Gasteiger partial charge in [0.05, 0.1) is 18.4 Å². The number of anilines is 1. The van der Waals surface area contributed by atoms with E-state index in [2.05, 4.69) is 11.2 Å². The van der Waals surface area contributed by atoms with E-state index in [0.717, 1.165) is 5.69 Å². The Hall–Kier alpha value is -2.30. The van der Waals surface area contributed by atoms with Crippen molar-refractivity contribution < 1.29 is 9.90 Å². The van der Waals surface area contributed by atoms with Gasteiger partial charge in [-0.05, 0) is 24.6 Å². The molecule has 1 aromatic carbocycles. The quantitative estimate of drug-likeness (QED) is 0.913. The zero-order chi connectivity index (χ0) is 14.0. The van der Waals surface area contributed by atoms with Crippen LogP contribution in [0.3, 0.4) is 0 Å². The summed E-state index contributed by atoms with van der Waals surface area (Å²) in [6.07, 6.45) is 1.39. The Morgan fingerprint density at radius 2 is 2.21 bits per heavy atom. The van der Waals surface area contributed by atoms with Crippen LogP contribution in [-0.2, 0) is 13.6 Å². The van der Waals surface area contributed by atoms with Crippen LogP contribution in [0, 0.1) is 6.92 Å². The summed E-state index contributed by atoms with van der Waals surface area (Å²) in [5.74, 6) is -0.944. The van der Waals surface area contributed by atoms with Crippen LogP contribution in [0.15, 0.2) is 30.5 Å². The number of hydrogen-bond donors (Lipinski definition) is 1. The third-order valence-corrected chi connectivity index (χ3v) is 3.12. The molecule has 5 heteroatoms. The molecule has 0 radical (unpaired) electrons. The normalized spacial score (nSPS) is 10.5. The molecule has 0 spiro atoms. The van der Waals surface area contributed by atoms with E-state index < -0.39 is 5.97 Å². The van der Waals surface area contributed by atoms with Gasteiger partial charge in [-0.3, -0.25) is 4.68 Å². The van der Waals surface area contributed by atoms with E-state index in [1.807, 2.05) is 37.1 Å². The number of rotatable bonds is 4. The predicted molar refractivity (Wildman–Crippen MR) is 73.5 cm³/mol. The molecule has 0 saturated heterocycles. The summed E-state index contributed by atoms with van der Waals surface area (Å²) in [6.45, 7) is 2.53. The Morgan fingerprint density at radius 3 is 2.84 bits per heavy atom. The van der Waals surface area contributed by atoms with Gasteiger partial charge in [0.25, 0.3) is 0 Å². The van der Waals surface area contributed by atoms with Crippen LogP contribution in [-0.4, -0.2) is 27.9 Å². The predicted octanol–water partition coefficient (Wildman–Crippen LogP) is 2.06. The first-order chi connectivity index (χ1) is 8.99. The van der Waals surface area contributed by atoms with Crippen LogP contribution < -0.4 is 4.90 Å². The number of aromatic nitrogens is 2. The molecule has 0 bridgehead atoms. The van der Waals surface area contributed by atoms with Gasteiger partial charge in [0.2, 0.25) is 0 Å². The van der Waals surface area contributed by atoms with E-state index in [1.165, 1.54) is 11.8 Å². The topological polar surface area (TPSA) is 58.4 Å². The highest BCUT2D eigenvalue weighted by molar-refractivity contribution is 5.88. The highest BCUT2D eigenvalue weighted by atomic mass is 16.4. The molecule has 1 aromatic heterocycles. The van der Waals surface area contributed by atoms with Gasteiger partial charge in [0, 0.05) is 19.8 Å². The fourth-order valence-corrected chi connectivity index (χ4v) is 2.01. The summed E-state index contributed by atoms with van der Waals surface area (Å²) in [5.41, 5.74) is 3.17. The standard InChI is InChI=1S/C14H17N3O2/c1-10-5-4-6-11(7-10)16(2)9-13-12(14(18)19)8-15-17(13)3/h4-8H,9H2,1-3H3,(H,18,19). The zero-order valence-electron chi connectivity index (χ0n) is 11.3. The van der Waals surface area contributed by atoms with Crippen LogP contribution in [0.5, 0.6) is 0 Å². The Morgan fingerprint density at radius 1 is 1.47 bits per heavy atom. The number of carbonyl (C=O) groups is 1. The fourth-order valence-electron chi connectivity index (χ4n) is 2.01. The van der Waals surface area contributed by atoms with Crippen molar-refractivity contribution in [1.82, 2.24) is 9.78 Å². The molecule has 19 heavy (non-hydrogen) atoms. The lowest BCUT2D eigenvalue weighted by Gasteiger charge is -2.20. The van der Waals surface area contributed by atoms with Crippen LogP contribution in [0.2, 0.25) is 0 Å². The first kappa shape index (κ1) is 13.1. The summed E-state index contributed by atoms with van der Waals surface area (Å²) in [5, 5.41) is 13.1. The van der Waals surface area contributed by atoms with E-state index >= 15 is 0 Å².